The molecule has 5 heteroatoms. The molecule has 0 unspecified atom stereocenters. The van der Waals surface area contributed by atoms with Crippen molar-refractivity contribution in [2.75, 3.05) is 0 Å². The number of amides is 1. The molecule has 0 aliphatic heterocycles. The summed E-state index contributed by atoms with van der Waals surface area (Å²) >= 11 is 0. The molecule has 0 aliphatic carbocycles. The lowest BCUT2D eigenvalue weighted by Gasteiger charge is -2.26. The average Bonchev–Trinajstić information content (AvgIpc) is 3.05. The molecule has 1 aromatic carbocycles. The van der Waals surface area contributed by atoms with E-state index in [2.05, 4.69) is 4.98 Å². The van der Waals surface area contributed by atoms with Crippen molar-refractivity contribution < 1.29 is 13.9 Å². The number of aryl methyl sites for hydroxylation is 1. The van der Waals surface area contributed by atoms with Gasteiger partial charge in [0.15, 0.2) is 0 Å². The molecule has 0 N–H and O–H groups in total. The Balaban J connectivity index is 1.72. The van der Waals surface area contributed by atoms with Crippen molar-refractivity contribution in [1.29, 1.82) is 0 Å². The predicted octanol–water partition coefficient (Wildman–Crippen LogP) is 4.83. The Hall–Kier alpha value is -3.08. The minimum Gasteiger partial charge on any atom is -0.464 e. The smallest absolute Gasteiger partial charge is 0.254 e. The molecule has 3 aromatic rings. The molecule has 134 valence electrons. The zero-order valence-corrected chi connectivity index (χ0v) is 15.2. The number of rotatable bonds is 6. The standard InChI is InChI=1S/C21H22N2O3/c1-15(2)23(14-20-9-6-16(3)25-20)21(24)17-7-10-18(11-8-17)26-19-5-4-12-22-13-19/h4-13,15H,14H2,1-3H3. The number of carbonyl (C=O) groups is 1. The Morgan fingerprint density at radius 1 is 1.12 bits per heavy atom. The summed E-state index contributed by atoms with van der Waals surface area (Å²) in [5.41, 5.74) is 0.612. The van der Waals surface area contributed by atoms with Crippen LogP contribution in [0.4, 0.5) is 0 Å². The van der Waals surface area contributed by atoms with Crippen molar-refractivity contribution >= 4 is 5.91 Å². The van der Waals surface area contributed by atoms with Crippen molar-refractivity contribution in [2.45, 2.75) is 33.4 Å². The molecule has 5 nitrogen and oxygen atoms in total. The van der Waals surface area contributed by atoms with E-state index in [0.29, 0.717) is 23.6 Å². The van der Waals surface area contributed by atoms with Gasteiger partial charge in [0.25, 0.3) is 5.91 Å². The van der Waals surface area contributed by atoms with Gasteiger partial charge in [-0.3, -0.25) is 9.78 Å². The van der Waals surface area contributed by atoms with Crippen molar-refractivity contribution in [3.05, 3.63) is 78.0 Å². The first-order chi connectivity index (χ1) is 12.5. The summed E-state index contributed by atoms with van der Waals surface area (Å²) in [7, 11) is 0. The van der Waals surface area contributed by atoms with Crippen LogP contribution in [-0.4, -0.2) is 21.8 Å². The highest BCUT2D eigenvalue weighted by Crippen LogP contribution is 2.22. The number of hydrogen-bond donors (Lipinski definition) is 0. The quantitative estimate of drug-likeness (QED) is 0.639. The van der Waals surface area contributed by atoms with Gasteiger partial charge in [-0.25, -0.2) is 0 Å². The Morgan fingerprint density at radius 2 is 1.88 bits per heavy atom. The molecule has 0 bridgehead atoms. The summed E-state index contributed by atoms with van der Waals surface area (Å²) in [4.78, 5) is 18.7. The van der Waals surface area contributed by atoms with Gasteiger partial charge in [-0.15, -0.1) is 0 Å². The van der Waals surface area contributed by atoms with Crippen LogP contribution in [0.5, 0.6) is 11.5 Å². The first kappa shape index (κ1) is 17.7. The number of carbonyl (C=O) groups excluding carboxylic acids is 1. The maximum absolute atomic E-state index is 12.9. The van der Waals surface area contributed by atoms with Crippen LogP contribution in [0.3, 0.4) is 0 Å². The Morgan fingerprint density at radius 3 is 2.46 bits per heavy atom. The molecule has 1 amide bonds. The maximum Gasteiger partial charge on any atom is 0.254 e. The molecule has 3 rings (SSSR count). The van der Waals surface area contributed by atoms with Crippen molar-refractivity contribution in [3.63, 3.8) is 0 Å². The number of nitrogens with zero attached hydrogens (tertiary/aromatic N) is 2. The maximum atomic E-state index is 12.9. The molecular weight excluding hydrogens is 328 g/mol. The van der Waals surface area contributed by atoms with E-state index in [4.69, 9.17) is 9.15 Å². The molecule has 0 spiro atoms. The summed E-state index contributed by atoms with van der Waals surface area (Å²) in [6.45, 7) is 6.32. The Bertz CT molecular complexity index is 854. The van der Waals surface area contributed by atoms with E-state index in [1.807, 2.05) is 45.0 Å². The topological polar surface area (TPSA) is 55.6 Å². The fraction of sp³-hybridized carbons (Fsp3) is 0.238. The minimum absolute atomic E-state index is 0.0398. The van der Waals surface area contributed by atoms with E-state index in [1.165, 1.54) is 0 Å². The number of furan rings is 1. The van der Waals surface area contributed by atoms with E-state index in [-0.39, 0.29) is 11.9 Å². The zero-order chi connectivity index (χ0) is 18.5. The van der Waals surface area contributed by atoms with Gasteiger partial charge in [0.1, 0.15) is 23.0 Å². The highest BCUT2D eigenvalue weighted by molar-refractivity contribution is 5.94. The van der Waals surface area contributed by atoms with Crippen molar-refractivity contribution in [1.82, 2.24) is 9.88 Å². The van der Waals surface area contributed by atoms with Crippen LogP contribution in [0.25, 0.3) is 0 Å². The monoisotopic (exact) mass is 350 g/mol. The second-order valence-corrected chi connectivity index (χ2v) is 6.35. The summed E-state index contributed by atoms with van der Waals surface area (Å²) in [5, 5.41) is 0. The Labute approximate surface area is 153 Å². The van der Waals surface area contributed by atoms with Gasteiger partial charge >= 0.3 is 0 Å². The van der Waals surface area contributed by atoms with Gasteiger partial charge in [-0.05, 0) is 69.3 Å². The highest BCUT2D eigenvalue weighted by atomic mass is 16.5. The highest BCUT2D eigenvalue weighted by Gasteiger charge is 2.20. The van der Waals surface area contributed by atoms with Gasteiger partial charge in [-0.2, -0.15) is 0 Å². The number of hydrogen-bond acceptors (Lipinski definition) is 4. The van der Waals surface area contributed by atoms with E-state index >= 15 is 0 Å². The molecule has 0 saturated heterocycles. The second-order valence-electron chi connectivity index (χ2n) is 6.35. The van der Waals surface area contributed by atoms with Crippen LogP contribution in [0.15, 0.2) is 65.3 Å². The van der Waals surface area contributed by atoms with Gasteiger partial charge in [0.05, 0.1) is 12.7 Å². The lowest BCUT2D eigenvalue weighted by Crippen LogP contribution is -2.36. The van der Waals surface area contributed by atoms with E-state index in [1.54, 1.807) is 41.6 Å². The third-order valence-electron chi connectivity index (χ3n) is 3.98. The summed E-state index contributed by atoms with van der Waals surface area (Å²) in [6, 6.07) is 14.6. The van der Waals surface area contributed by atoms with E-state index in [9.17, 15) is 4.79 Å². The third kappa shape index (κ3) is 4.30. The van der Waals surface area contributed by atoms with Crippen LogP contribution in [0.1, 0.15) is 35.7 Å². The normalized spacial score (nSPS) is 10.8. The van der Waals surface area contributed by atoms with Crippen LogP contribution in [0, 0.1) is 6.92 Å². The molecule has 0 radical (unpaired) electrons. The molecule has 0 aliphatic rings. The summed E-state index contributed by atoms with van der Waals surface area (Å²) < 4.78 is 11.3. The number of aromatic nitrogens is 1. The van der Waals surface area contributed by atoms with Crippen LogP contribution >= 0.6 is 0 Å². The van der Waals surface area contributed by atoms with Crippen LogP contribution < -0.4 is 4.74 Å². The summed E-state index contributed by atoms with van der Waals surface area (Å²) in [5.74, 6) is 2.90. The number of benzene rings is 1. The minimum atomic E-state index is -0.0398. The first-order valence-corrected chi connectivity index (χ1v) is 8.57. The van der Waals surface area contributed by atoms with Crippen molar-refractivity contribution in [2.24, 2.45) is 0 Å². The van der Waals surface area contributed by atoms with Gasteiger partial charge in [-0.1, -0.05) is 0 Å². The van der Waals surface area contributed by atoms with Gasteiger partial charge < -0.3 is 14.1 Å². The average molecular weight is 350 g/mol. The number of pyridine rings is 1. The third-order valence-corrected chi connectivity index (χ3v) is 3.98. The first-order valence-electron chi connectivity index (χ1n) is 8.57. The van der Waals surface area contributed by atoms with E-state index < -0.39 is 0 Å². The lowest BCUT2D eigenvalue weighted by atomic mass is 10.1. The molecule has 2 aromatic heterocycles. The molecule has 2 heterocycles. The molecule has 26 heavy (non-hydrogen) atoms. The SMILES string of the molecule is Cc1ccc(CN(C(=O)c2ccc(Oc3cccnc3)cc2)C(C)C)o1. The molecule has 0 fully saturated rings. The molecule has 0 atom stereocenters. The zero-order valence-electron chi connectivity index (χ0n) is 15.2. The molecule has 0 saturated carbocycles. The van der Waals surface area contributed by atoms with Gasteiger partial charge in [0.2, 0.25) is 0 Å². The fourth-order valence-electron chi connectivity index (χ4n) is 2.60. The number of ether oxygens (including phenoxy) is 1. The predicted molar refractivity (Wildman–Crippen MR) is 99.2 cm³/mol. The second kappa shape index (κ2) is 7.87. The molecular formula is C21H22N2O3. The van der Waals surface area contributed by atoms with E-state index in [0.717, 1.165) is 11.5 Å². The van der Waals surface area contributed by atoms with Crippen molar-refractivity contribution in [3.8, 4) is 11.5 Å². The van der Waals surface area contributed by atoms with Gasteiger partial charge in [0, 0.05) is 17.8 Å². The lowest BCUT2D eigenvalue weighted by molar-refractivity contribution is 0.0675. The fourth-order valence-corrected chi connectivity index (χ4v) is 2.60. The van der Waals surface area contributed by atoms with Crippen LogP contribution in [-0.2, 0) is 6.54 Å². The largest absolute Gasteiger partial charge is 0.464 e. The van der Waals surface area contributed by atoms with Crippen LogP contribution in [0.2, 0.25) is 0 Å². The Kier molecular flexibility index (Phi) is 5.37. The summed E-state index contributed by atoms with van der Waals surface area (Å²) in [6.07, 6.45) is 3.33.